The van der Waals surface area contributed by atoms with Crippen LogP contribution in [0.4, 0.5) is 0 Å². The molecule has 0 aliphatic rings. The largest absolute Gasteiger partial charge is 0.481 e. The Morgan fingerprint density at radius 2 is 1.67 bits per heavy atom. The molecular formula is C17H25NO3. The van der Waals surface area contributed by atoms with E-state index in [1.165, 1.54) is 10.5 Å². The Kier molecular flexibility index (Phi) is 5.94. The number of hydrogen-bond acceptors (Lipinski definition) is 2. The van der Waals surface area contributed by atoms with E-state index in [4.69, 9.17) is 5.11 Å². The maximum atomic E-state index is 11.9. The lowest BCUT2D eigenvalue weighted by atomic mass is 9.86. The van der Waals surface area contributed by atoms with Crippen molar-refractivity contribution in [1.82, 2.24) is 4.90 Å². The number of benzene rings is 1. The number of carboxylic acid groups (broad SMARTS) is 1. The fourth-order valence-electron chi connectivity index (χ4n) is 2.00. The minimum absolute atomic E-state index is 0.0114. The van der Waals surface area contributed by atoms with Crippen molar-refractivity contribution < 1.29 is 14.7 Å². The minimum atomic E-state index is -0.882. The molecule has 0 aliphatic heterocycles. The molecule has 0 aliphatic carbocycles. The summed E-state index contributed by atoms with van der Waals surface area (Å²) < 4.78 is 0. The number of aliphatic carboxylic acids is 1. The van der Waals surface area contributed by atoms with E-state index in [1.54, 1.807) is 7.05 Å². The van der Waals surface area contributed by atoms with Crippen LogP contribution in [0, 0.1) is 0 Å². The molecule has 4 heteroatoms. The molecule has 116 valence electrons. The maximum Gasteiger partial charge on any atom is 0.305 e. The number of carbonyl (C=O) groups excluding carboxylic acids is 1. The van der Waals surface area contributed by atoms with Gasteiger partial charge in [-0.1, -0.05) is 45.0 Å². The lowest BCUT2D eigenvalue weighted by molar-refractivity contribution is -0.138. The monoisotopic (exact) mass is 291 g/mol. The van der Waals surface area contributed by atoms with Crippen LogP contribution in [0.15, 0.2) is 24.3 Å². The van der Waals surface area contributed by atoms with Crippen molar-refractivity contribution >= 4 is 11.9 Å². The number of carboxylic acids is 1. The topological polar surface area (TPSA) is 57.6 Å². The van der Waals surface area contributed by atoms with Gasteiger partial charge in [0, 0.05) is 20.0 Å². The molecule has 1 amide bonds. The van der Waals surface area contributed by atoms with Crippen LogP contribution in [0.3, 0.4) is 0 Å². The second-order valence-corrected chi connectivity index (χ2v) is 6.41. The fraction of sp³-hybridized carbons (Fsp3) is 0.529. The van der Waals surface area contributed by atoms with Crippen molar-refractivity contribution in [2.45, 2.75) is 45.4 Å². The van der Waals surface area contributed by atoms with Crippen molar-refractivity contribution in [1.29, 1.82) is 0 Å². The summed E-state index contributed by atoms with van der Waals surface area (Å²) in [5.74, 6) is -0.899. The smallest absolute Gasteiger partial charge is 0.305 e. The molecule has 0 heterocycles. The molecule has 0 spiro atoms. The second-order valence-electron chi connectivity index (χ2n) is 6.41. The highest BCUT2D eigenvalue weighted by atomic mass is 16.4. The van der Waals surface area contributed by atoms with E-state index in [0.717, 1.165) is 5.56 Å². The molecule has 1 rings (SSSR count). The molecule has 0 bridgehead atoms. The average molecular weight is 291 g/mol. The molecule has 21 heavy (non-hydrogen) atoms. The van der Waals surface area contributed by atoms with Gasteiger partial charge in [0.2, 0.25) is 5.91 Å². The third-order valence-electron chi connectivity index (χ3n) is 3.53. The van der Waals surface area contributed by atoms with E-state index in [2.05, 4.69) is 45.0 Å². The molecule has 0 saturated carbocycles. The third kappa shape index (κ3) is 5.98. The van der Waals surface area contributed by atoms with Crippen LogP contribution in [0.1, 0.15) is 44.7 Å². The van der Waals surface area contributed by atoms with Gasteiger partial charge in [-0.2, -0.15) is 0 Å². The summed E-state index contributed by atoms with van der Waals surface area (Å²) in [4.78, 5) is 23.9. The molecule has 0 saturated heterocycles. The minimum Gasteiger partial charge on any atom is -0.481 e. The maximum absolute atomic E-state index is 11.9. The van der Waals surface area contributed by atoms with Crippen molar-refractivity contribution in [2.75, 3.05) is 13.6 Å². The standard InChI is InChI=1S/C17H25NO3/c1-17(2,3)14-8-5-13(6-9-14)7-10-15(19)18(4)12-11-16(20)21/h5-6,8-9H,7,10-12H2,1-4H3,(H,20,21). The molecular weight excluding hydrogens is 266 g/mol. The van der Waals surface area contributed by atoms with E-state index < -0.39 is 5.97 Å². The summed E-state index contributed by atoms with van der Waals surface area (Å²) in [5.41, 5.74) is 2.53. The van der Waals surface area contributed by atoms with E-state index in [0.29, 0.717) is 12.8 Å². The van der Waals surface area contributed by atoms with Crippen molar-refractivity contribution in [2.24, 2.45) is 0 Å². The van der Waals surface area contributed by atoms with E-state index in [-0.39, 0.29) is 24.3 Å². The van der Waals surface area contributed by atoms with Crippen LogP contribution in [0.25, 0.3) is 0 Å². The van der Waals surface area contributed by atoms with Crippen LogP contribution in [0.2, 0.25) is 0 Å². The molecule has 0 atom stereocenters. The van der Waals surface area contributed by atoms with Crippen molar-refractivity contribution in [3.8, 4) is 0 Å². The zero-order valence-corrected chi connectivity index (χ0v) is 13.3. The summed E-state index contributed by atoms with van der Waals surface area (Å²) in [6.45, 7) is 6.77. The normalized spacial score (nSPS) is 11.2. The third-order valence-corrected chi connectivity index (χ3v) is 3.53. The van der Waals surface area contributed by atoms with E-state index in [9.17, 15) is 9.59 Å². The fourth-order valence-corrected chi connectivity index (χ4v) is 2.00. The Hall–Kier alpha value is -1.84. The lowest BCUT2D eigenvalue weighted by Gasteiger charge is -2.19. The number of aryl methyl sites for hydroxylation is 1. The number of amides is 1. The summed E-state index contributed by atoms with van der Waals surface area (Å²) in [5, 5.41) is 8.61. The number of rotatable bonds is 6. The van der Waals surface area contributed by atoms with Crippen LogP contribution < -0.4 is 0 Å². The van der Waals surface area contributed by atoms with Crippen molar-refractivity contribution in [3.63, 3.8) is 0 Å². The van der Waals surface area contributed by atoms with Crippen LogP contribution >= 0.6 is 0 Å². The van der Waals surface area contributed by atoms with Gasteiger partial charge in [-0.15, -0.1) is 0 Å². The molecule has 0 unspecified atom stereocenters. The zero-order chi connectivity index (χ0) is 16.0. The predicted octanol–water partition coefficient (Wildman–Crippen LogP) is 2.85. The van der Waals surface area contributed by atoms with Gasteiger partial charge >= 0.3 is 5.97 Å². The molecule has 1 N–H and O–H groups in total. The van der Waals surface area contributed by atoms with Crippen LogP contribution in [0.5, 0.6) is 0 Å². The Morgan fingerprint density at radius 3 is 2.14 bits per heavy atom. The zero-order valence-electron chi connectivity index (χ0n) is 13.3. The number of hydrogen-bond donors (Lipinski definition) is 1. The summed E-state index contributed by atoms with van der Waals surface area (Å²) >= 11 is 0. The highest BCUT2D eigenvalue weighted by molar-refractivity contribution is 5.77. The first kappa shape index (κ1) is 17.2. The Bertz CT molecular complexity index is 486. The van der Waals surface area contributed by atoms with E-state index in [1.807, 2.05) is 0 Å². The first-order valence-electron chi connectivity index (χ1n) is 7.25. The summed E-state index contributed by atoms with van der Waals surface area (Å²) in [6, 6.07) is 8.33. The summed E-state index contributed by atoms with van der Waals surface area (Å²) in [6.07, 6.45) is 1.08. The quantitative estimate of drug-likeness (QED) is 0.876. The molecule has 0 fully saturated rings. The van der Waals surface area contributed by atoms with Gasteiger partial charge in [-0.05, 0) is 23.0 Å². The highest BCUT2D eigenvalue weighted by Gasteiger charge is 2.13. The average Bonchev–Trinajstić information content (AvgIpc) is 2.41. The first-order valence-corrected chi connectivity index (χ1v) is 7.25. The van der Waals surface area contributed by atoms with Gasteiger partial charge in [-0.3, -0.25) is 9.59 Å². The van der Waals surface area contributed by atoms with Gasteiger partial charge in [0.05, 0.1) is 6.42 Å². The van der Waals surface area contributed by atoms with Gasteiger partial charge in [0.25, 0.3) is 0 Å². The Labute approximate surface area is 126 Å². The lowest BCUT2D eigenvalue weighted by Crippen LogP contribution is -2.29. The highest BCUT2D eigenvalue weighted by Crippen LogP contribution is 2.22. The van der Waals surface area contributed by atoms with E-state index >= 15 is 0 Å². The van der Waals surface area contributed by atoms with Crippen LogP contribution in [-0.2, 0) is 21.4 Å². The first-order chi connectivity index (χ1) is 9.70. The van der Waals surface area contributed by atoms with Crippen molar-refractivity contribution in [3.05, 3.63) is 35.4 Å². The molecule has 1 aromatic rings. The number of carbonyl (C=O) groups is 2. The molecule has 4 nitrogen and oxygen atoms in total. The Morgan fingerprint density at radius 1 is 1.10 bits per heavy atom. The van der Waals surface area contributed by atoms with Gasteiger partial charge in [0.15, 0.2) is 0 Å². The van der Waals surface area contributed by atoms with Gasteiger partial charge in [-0.25, -0.2) is 0 Å². The molecule has 0 aromatic heterocycles. The second kappa shape index (κ2) is 7.25. The van der Waals surface area contributed by atoms with Crippen LogP contribution in [-0.4, -0.2) is 35.5 Å². The molecule has 0 radical (unpaired) electrons. The SMILES string of the molecule is CN(CCC(=O)O)C(=O)CCc1ccc(C(C)(C)C)cc1. The number of nitrogens with zero attached hydrogens (tertiary/aromatic N) is 1. The Balaban J connectivity index is 2.48. The van der Waals surface area contributed by atoms with Gasteiger partial charge < -0.3 is 10.0 Å². The van der Waals surface area contributed by atoms with Gasteiger partial charge in [0.1, 0.15) is 0 Å². The predicted molar refractivity (Wildman–Crippen MR) is 83.4 cm³/mol. The summed E-state index contributed by atoms with van der Waals surface area (Å²) in [7, 11) is 1.65. The molecule has 1 aromatic carbocycles.